The number of aryl methyl sites for hydroxylation is 2. The van der Waals surface area contributed by atoms with Crippen LogP contribution in [0, 0.1) is 13.8 Å². The molecule has 0 bridgehead atoms. The van der Waals surface area contributed by atoms with E-state index in [9.17, 15) is 0 Å². The monoisotopic (exact) mass is 582 g/mol. The minimum atomic E-state index is 0.617. The Bertz CT molecular complexity index is 2490. The highest BCUT2D eigenvalue weighted by molar-refractivity contribution is 7.27. The Morgan fingerprint density at radius 3 is 1.66 bits per heavy atom. The maximum Gasteiger partial charge on any atom is 0.238 e. The number of hydrogen-bond acceptors (Lipinski definition) is 4. The molecule has 4 nitrogen and oxygen atoms in total. The Morgan fingerprint density at radius 1 is 0.500 bits per heavy atom. The largest absolute Gasteiger partial charge is 0.276 e. The normalized spacial score (nSPS) is 11.9. The van der Waals surface area contributed by atoms with Crippen molar-refractivity contribution in [2.75, 3.05) is 0 Å². The first-order valence-corrected chi connectivity index (χ1v) is 15.6. The lowest BCUT2D eigenvalue weighted by molar-refractivity contribution is 0.955. The molecule has 0 aliphatic heterocycles. The summed E-state index contributed by atoms with van der Waals surface area (Å²) in [6.45, 7) is 4.19. The first-order chi connectivity index (χ1) is 21.6. The molecule has 0 saturated carbocycles. The van der Waals surface area contributed by atoms with Gasteiger partial charge in [0, 0.05) is 37.4 Å². The van der Waals surface area contributed by atoms with Crippen LogP contribution in [-0.4, -0.2) is 19.5 Å². The van der Waals surface area contributed by atoms with Crippen molar-refractivity contribution in [1.82, 2.24) is 19.5 Å². The third-order valence-corrected chi connectivity index (χ3v) is 9.77. The van der Waals surface area contributed by atoms with E-state index < -0.39 is 0 Å². The molecule has 0 unspecified atom stereocenters. The third kappa shape index (κ3) is 3.73. The summed E-state index contributed by atoms with van der Waals surface area (Å²) < 4.78 is 4.78. The summed E-state index contributed by atoms with van der Waals surface area (Å²) in [4.78, 5) is 15.4. The van der Waals surface area contributed by atoms with E-state index in [0.29, 0.717) is 17.6 Å². The van der Waals surface area contributed by atoms with Gasteiger partial charge in [0.15, 0.2) is 11.6 Å². The molecule has 44 heavy (non-hydrogen) atoms. The highest BCUT2D eigenvalue weighted by Gasteiger charge is 2.23. The molecule has 0 spiro atoms. The highest BCUT2D eigenvalue weighted by atomic mass is 32.1. The maximum absolute atomic E-state index is 5.21. The lowest BCUT2D eigenvalue weighted by Crippen LogP contribution is -2.06. The first kappa shape index (κ1) is 25.1. The van der Waals surface area contributed by atoms with Crippen molar-refractivity contribution in [3.63, 3.8) is 0 Å². The number of hydrogen-bond donors (Lipinski definition) is 0. The van der Waals surface area contributed by atoms with Gasteiger partial charge in [0.2, 0.25) is 5.95 Å². The minimum Gasteiger partial charge on any atom is -0.276 e. The molecule has 6 aromatic carbocycles. The zero-order valence-electron chi connectivity index (χ0n) is 24.2. The molecular formula is C39H26N4S. The van der Waals surface area contributed by atoms with Gasteiger partial charge in [0.1, 0.15) is 0 Å². The average molecular weight is 583 g/mol. The van der Waals surface area contributed by atoms with E-state index in [-0.39, 0.29) is 0 Å². The summed E-state index contributed by atoms with van der Waals surface area (Å²) in [5.74, 6) is 1.93. The summed E-state index contributed by atoms with van der Waals surface area (Å²) in [5, 5.41) is 7.48. The summed E-state index contributed by atoms with van der Waals surface area (Å²) in [5.41, 5.74) is 6.54. The predicted octanol–water partition coefficient (Wildman–Crippen LogP) is 10.4. The van der Waals surface area contributed by atoms with Gasteiger partial charge in [0.05, 0.1) is 15.7 Å². The molecule has 0 amide bonds. The third-order valence-electron chi connectivity index (χ3n) is 8.59. The summed E-state index contributed by atoms with van der Waals surface area (Å²) in [6.07, 6.45) is 0. The van der Waals surface area contributed by atoms with Crippen LogP contribution in [0.2, 0.25) is 0 Å². The van der Waals surface area contributed by atoms with Gasteiger partial charge in [-0.2, -0.15) is 9.97 Å². The average Bonchev–Trinajstić information content (AvgIpc) is 3.62. The molecule has 0 saturated heterocycles. The number of aromatic nitrogens is 4. The van der Waals surface area contributed by atoms with E-state index in [1.807, 2.05) is 11.3 Å². The number of thiophene rings is 1. The van der Waals surface area contributed by atoms with Crippen molar-refractivity contribution < 1.29 is 0 Å². The van der Waals surface area contributed by atoms with E-state index in [0.717, 1.165) is 22.2 Å². The van der Waals surface area contributed by atoms with Crippen LogP contribution in [0.4, 0.5) is 0 Å². The van der Waals surface area contributed by atoms with Gasteiger partial charge >= 0.3 is 0 Å². The topological polar surface area (TPSA) is 43.6 Å². The predicted molar refractivity (Wildman–Crippen MR) is 185 cm³/mol. The fourth-order valence-corrected chi connectivity index (χ4v) is 7.72. The zero-order valence-corrected chi connectivity index (χ0v) is 25.1. The van der Waals surface area contributed by atoms with Crippen molar-refractivity contribution in [2.45, 2.75) is 13.8 Å². The molecule has 5 heteroatoms. The van der Waals surface area contributed by atoms with E-state index in [4.69, 9.17) is 15.0 Å². The van der Waals surface area contributed by atoms with Gasteiger partial charge in [-0.15, -0.1) is 11.3 Å². The second-order valence-corrected chi connectivity index (χ2v) is 12.5. The quantitative estimate of drug-likeness (QED) is 0.208. The van der Waals surface area contributed by atoms with Crippen molar-refractivity contribution in [3.05, 3.63) is 132 Å². The van der Waals surface area contributed by atoms with Crippen LogP contribution in [0.15, 0.2) is 121 Å². The molecule has 9 rings (SSSR count). The van der Waals surface area contributed by atoms with Gasteiger partial charge < -0.3 is 0 Å². The maximum atomic E-state index is 5.21. The standard InChI is InChI=1S/C39H26N4S/c1-23-15-19-25(20-16-23)37-40-38(26-21-17-24(2)18-22-26)42-39(41-37)43-31-13-7-5-11-29(31)33-27-9-3-4-10-28(27)34-30-12-6-8-14-32(30)44-36(34)35(33)43/h3-22H,1-2H3. The van der Waals surface area contributed by atoms with E-state index >= 15 is 0 Å². The Kier molecular flexibility index (Phi) is 5.46. The fourth-order valence-electron chi connectivity index (χ4n) is 6.46. The van der Waals surface area contributed by atoms with Crippen LogP contribution in [0.3, 0.4) is 0 Å². The van der Waals surface area contributed by atoms with E-state index in [2.05, 4.69) is 140 Å². The molecule has 9 aromatic rings. The molecule has 0 aliphatic rings. The molecule has 0 atom stereocenters. The van der Waals surface area contributed by atoms with E-state index in [1.54, 1.807) is 0 Å². The SMILES string of the molecule is Cc1ccc(-c2nc(-c3ccc(C)cc3)nc(-n3c4ccccc4c4c5ccccc5c5c6ccccc6sc5c43)n2)cc1. The highest BCUT2D eigenvalue weighted by Crippen LogP contribution is 2.47. The summed E-state index contributed by atoms with van der Waals surface area (Å²) in [6, 6.07) is 43.0. The Hall–Kier alpha value is -5.39. The number of nitrogens with zero attached hydrogens (tertiary/aromatic N) is 4. The van der Waals surface area contributed by atoms with Gasteiger partial charge in [-0.1, -0.05) is 120 Å². The minimum absolute atomic E-state index is 0.617. The van der Waals surface area contributed by atoms with Crippen molar-refractivity contribution >= 4 is 64.1 Å². The van der Waals surface area contributed by atoms with Crippen molar-refractivity contribution in [2.24, 2.45) is 0 Å². The van der Waals surface area contributed by atoms with Crippen LogP contribution in [0.5, 0.6) is 0 Å². The fraction of sp³-hybridized carbons (Fsp3) is 0.0513. The molecule has 0 fully saturated rings. The molecule has 0 radical (unpaired) electrons. The molecular weight excluding hydrogens is 557 g/mol. The van der Waals surface area contributed by atoms with Crippen LogP contribution in [0.25, 0.3) is 81.5 Å². The second-order valence-electron chi connectivity index (χ2n) is 11.4. The van der Waals surface area contributed by atoms with Crippen LogP contribution in [0.1, 0.15) is 11.1 Å². The number of fused-ring (bicyclic) bond motifs is 10. The zero-order chi connectivity index (χ0) is 29.4. The van der Waals surface area contributed by atoms with Gasteiger partial charge in [-0.3, -0.25) is 4.57 Å². The Labute approximate surface area is 257 Å². The molecule has 3 aromatic heterocycles. The molecule has 0 N–H and O–H groups in total. The smallest absolute Gasteiger partial charge is 0.238 e. The molecule has 3 heterocycles. The van der Waals surface area contributed by atoms with Crippen LogP contribution < -0.4 is 0 Å². The lowest BCUT2D eigenvalue weighted by Gasteiger charge is -2.12. The van der Waals surface area contributed by atoms with Crippen molar-refractivity contribution in [1.29, 1.82) is 0 Å². The Balaban J connectivity index is 1.47. The summed E-state index contributed by atoms with van der Waals surface area (Å²) in [7, 11) is 0. The van der Waals surface area contributed by atoms with Gasteiger partial charge in [-0.05, 0) is 36.8 Å². The van der Waals surface area contributed by atoms with Gasteiger partial charge in [-0.25, -0.2) is 4.98 Å². The van der Waals surface area contributed by atoms with Crippen LogP contribution >= 0.6 is 11.3 Å². The number of rotatable bonds is 3. The summed E-state index contributed by atoms with van der Waals surface area (Å²) >= 11 is 1.84. The Morgan fingerprint density at radius 2 is 1.02 bits per heavy atom. The van der Waals surface area contributed by atoms with Gasteiger partial charge in [0.25, 0.3) is 0 Å². The number of para-hydroxylation sites is 1. The first-order valence-electron chi connectivity index (χ1n) is 14.8. The molecule has 208 valence electrons. The molecule has 0 aliphatic carbocycles. The number of benzene rings is 6. The second kappa shape index (κ2) is 9.56. The van der Waals surface area contributed by atoms with Crippen LogP contribution in [-0.2, 0) is 0 Å². The van der Waals surface area contributed by atoms with E-state index in [1.165, 1.54) is 52.8 Å². The lowest BCUT2D eigenvalue weighted by atomic mass is 9.99. The van der Waals surface area contributed by atoms with Crippen molar-refractivity contribution in [3.8, 4) is 28.7 Å².